The van der Waals surface area contributed by atoms with E-state index in [1.807, 2.05) is 0 Å². The molecular weight excluding hydrogens is 382 g/mol. The van der Waals surface area contributed by atoms with Crippen molar-refractivity contribution in [1.82, 2.24) is 0 Å². The molecule has 1 saturated heterocycles. The van der Waals surface area contributed by atoms with E-state index in [9.17, 15) is 24.1 Å². The first-order valence-electron chi connectivity index (χ1n) is 9.70. The van der Waals surface area contributed by atoms with E-state index < -0.39 is 23.7 Å². The van der Waals surface area contributed by atoms with Crippen LogP contribution < -0.4 is 4.74 Å². The van der Waals surface area contributed by atoms with Crippen molar-refractivity contribution in [1.29, 1.82) is 0 Å². The molecule has 0 saturated carbocycles. The van der Waals surface area contributed by atoms with Crippen molar-refractivity contribution in [2.24, 2.45) is 0 Å². The first kappa shape index (κ1) is 20.2. The van der Waals surface area contributed by atoms with Crippen molar-refractivity contribution in [3.8, 4) is 5.75 Å². The highest BCUT2D eigenvalue weighted by Gasteiger charge is 2.64. The van der Waals surface area contributed by atoms with E-state index in [4.69, 9.17) is 9.47 Å². The average molecular weight is 406 g/mol. The van der Waals surface area contributed by atoms with Gasteiger partial charge in [0.2, 0.25) is 0 Å². The van der Waals surface area contributed by atoms with Crippen molar-refractivity contribution in [3.63, 3.8) is 0 Å². The van der Waals surface area contributed by atoms with Gasteiger partial charge in [0.05, 0.1) is 18.8 Å². The summed E-state index contributed by atoms with van der Waals surface area (Å²) in [5.41, 5.74) is -1.57. The quantitative estimate of drug-likeness (QED) is 0.688. The Bertz CT molecular complexity index is 874. The van der Waals surface area contributed by atoms with Crippen LogP contribution in [0.25, 0.3) is 0 Å². The molecule has 1 fully saturated rings. The summed E-state index contributed by atoms with van der Waals surface area (Å²) < 4.78 is 40.6. The van der Waals surface area contributed by atoms with Crippen LogP contribution in [0.3, 0.4) is 0 Å². The maximum absolute atomic E-state index is 14.7. The van der Waals surface area contributed by atoms with Crippen LogP contribution in [0.2, 0.25) is 0 Å². The fraction of sp³-hybridized carbons (Fsp3) is 0.455. The third-order valence-electron chi connectivity index (χ3n) is 5.76. The van der Waals surface area contributed by atoms with Gasteiger partial charge >= 0.3 is 5.92 Å². The molecule has 0 spiro atoms. The SMILES string of the molecule is O[C@H]1CO[C@H](COc2cccc(CC[C@]3(O)c4ccccc4[C@H](O)C3(F)F)c2)C1. The molecule has 0 aromatic heterocycles. The number of aliphatic hydroxyl groups excluding tert-OH is 2. The van der Waals surface area contributed by atoms with Crippen LogP contribution in [0.1, 0.15) is 35.6 Å². The lowest BCUT2D eigenvalue weighted by atomic mass is 9.86. The zero-order valence-corrected chi connectivity index (χ0v) is 15.8. The van der Waals surface area contributed by atoms with E-state index in [0.29, 0.717) is 25.4 Å². The zero-order chi connectivity index (χ0) is 20.6. The summed E-state index contributed by atoms with van der Waals surface area (Å²) >= 11 is 0. The lowest BCUT2D eigenvalue weighted by Crippen LogP contribution is -2.44. The summed E-state index contributed by atoms with van der Waals surface area (Å²) in [5, 5.41) is 30.4. The molecule has 1 aliphatic carbocycles. The second kappa shape index (κ2) is 7.65. The normalized spacial score (nSPS) is 30.3. The van der Waals surface area contributed by atoms with Gasteiger partial charge in [0.1, 0.15) is 18.5 Å². The number of alkyl halides is 2. The third kappa shape index (κ3) is 3.64. The highest BCUT2D eigenvalue weighted by molar-refractivity contribution is 5.43. The predicted molar refractivity (Wildman–Crippen MR) is 101 cm³/mol. The summed E-state index contributed by atoms with van der Waals surface area (Å²) in [4.78, 5) is 0. The van der Waals surface area contributed by atoms with Crippen LogP contribution in [0.5, 0.6) is 5.75 Å². The van der Waals surface area contributed by atoms with Gasteiger partial charge in [-0.1, -0.05) is 36.4 Å². The van der Waals surface area contributed by atoms with E-state index in [2.05, 4.69) is 0 Å². The summed E-state index contributed by atoms with van der Waals surface area (Å²) in [7, 11) is 0. The topological polar surface area (TPSA) is 79.2 Å². The van der Waals surface area contributed by atoms with E-state index in [0.717, 1.165) is 5.56 Å². The molecule has 5 nitrogen and oxygen atoms in total. The largest absolute Gasteiger partial charge is 0.491 e. The van der Waals surface area contributed by atoms with Crippen LogP contribution in [-0.2, 0) is 16.8 Å². The Hall–Kier alpha value is -2.06. The van der Waals surface area contributed by atoms with Gasteiger partial charge in [0.15, 0.2) is 5.60 Å². The number of halogens is 2. The van der Waals surface area contributed by atoms with Gasteiger partial charge in [-0.3, -0.25) is 0 Å². The van der Waals surface area contributed by atoms with E-state index >= 15 is 0 Å². The minimum Gasteiger partial charge on any atom is -0.491 e. The molecule has 0 amide bonds. The minimum absolute atomic E-state index is 0.0656. The zero-order valence-electron chi connectivity index (χ0n) is 15.8. The Balaban J connectivity index is 1.45. The van der Waals surface area contributed by atoms with Gasteiger partial charge < -0.3 is 24.8 Å². The number of benzene rings is 2. The Labute approximate surface area is 167 Å². The van der Waals surface area contributed by atoms with E-state index in [1.54, 1.807) is 36.4 Å². The first-order valence-corrected chi connectivity index (χ1v) is 9.70. The minimum atomic E-state index is -3.68. The van der Waals surface area contributed by atoms with Crippen LogP contribution in [0.4, 0.5) is 8.78 Å². The molecule has 1 aliphatic heterocycles. The monoisotopic (exact) mass is 406 g/mol. The standard InChI is InChI=1S/C22H24F2O5/c23-22(24)20(26)18-6-1-2-7-19(18)21(22,27)9-8-14-4-3-5-16(10-14)29-13-17-11-15(25)12-28-17/h1-7,10,15,17,20,25-27H,8-9,11-13H2/t15-,17+,20+,21+/m1/s1. The Morgan fingerprint density at radius 1 is 1.10 bits per heavy atom. The lowest BCUT2D eigenvalue weighted by molar-refractivity contribution is -0.226. The summed E-state index contributed by atoms with van der Waals surface area (Å²) in [6.07, 6.45) is -2.21. The molecule has 4 atom stereocenters. The Kier molecular flexibility index (Phi) is 5.33. The molecule has 0 bridgehead atoms. The summed E-state index contributed by atoms with van der Waals surface area (Å²) in [6, 6.07) is 13.0. The van der Waals surface area contributed by atoms with Crippen LogP contribution in [0.15, 0.2) is 48.5 Å². The molecule has 4 rings (SSSR count). The number of hydrogen-bond acceptors (Lipinski definition) is 5. The highest BCUT2D eigenvalue weighted by atomic mass is 19.3. The summed E-state index contributed by atoms with van der Waals surface area (Å²) in [5.74, 6) is -3.11. The number of hydrogen-bond donors (Lipinski definition) is 3. The Morgan fingerprint density at radius 3 is 2.66 bits per heavy atom. The van der Waals surface area contributed by atoms with Gasteiger partial charge in [0, 0.05) is 6.42 Å². The summed E-state index contributed by atoms with van der Waals surface area (Å²) in [6.45, 7) is 0.594. The number of ether oxygens (including phenoxy) is 2. The van der Waals surface area contributed by atoms with Crippen LogP contribution in [0, 0.1) is 0 Å². The van der Waals surface area contributed by atoms with Gasteiger partial charge in [0.25, 0.3) is 0 Å². The fourth-order valence-electron chi connectivity index (χ4n) is 4.12. The van der Waals surface area contributed by atoms with Crippen molar-refractivity contribution >= 4 is 0 Å². The second-order valence-electron chi connectivity index (χ2n) is 7.78. The molecule has 2 aliphatic rings. The fourth-order valence-corrected chi connectivity index (χ4v) is 4.12. The van der Waals surface area contributed by atoms with Crippen molar-refractivity contribution < 1.29 is 33.6 Å². The number of rotatable bonds is 6. The maximum atomic E-state index is 14.7. The molecule has 3 N–H and O–H groups in total. The maximum Gasteiger partial charge on any atom is 0.309 e. The molecule has 0 unspecified atom stereocenters. The van der Waals surface area contributed by atoms with Gasteiger partial charge in [-0.05, 0) is 41.7 Å². The molecular formula is C22H24F2O5. The number of aliphatic hydroxyl groups is 3. The van der Waals surface area contributed by atoms with Gasteiger partial charge in [-0.2, -0.15) is 8.78 Å². The van der Waals surface area contributed by atoms with Gasteiger partial charge in [-0.15, -0.1) is 0 Å². The van der Waals surface area contributed by atoms with E-state index in [-0.39, 0.29) is 30.1 Å². The van der Waals surface area contributed by atoms with Crippen molar-refractivity contribution in [3.05, 3.63) is 65.2 Å². The molecule has 7 heteroatoms. The number of fused-ring (bicyclic) bond motifs is 1. The van der Waals surface area contributed by atoms with Crippen molar-refractivity contribution in [2.75, 3.05) is 13.2 Å². The first-order chi connectivity index (χ1) is 13.8. The van der Waals surface area contributed by atoms with Gasteiger partial charge in [-0.25, -0.2) is 0 Å². The Morgan fingerprint density at radius 2 is 1.90 bits per heavy atom. The van der Waals surface area contributed by atoms with Crippen molar-refractivity contribution in [2.45, 2.75) is 49.1 Å². The second-order valence-corrected chi connectivity index (χ2v) is 7.78. The number of aryl methyl sites for hydroxylation is 1. The van der Waals surface area contributed by atoms with Crippen LogP contribution in [-0.4, -0.2) is 46.7 Å². The molecule has 156 valence electrons. The molecule has 2 aromatic carbocycles. The molecule has 1 heterocycles. The van der Waals surface area contributed by atoms with Crippen LogP contribution >= 0.6 is 0 Å². The average Bonchev–Trinajstić information content (AvgIpc) is 3.20. The third-order valence-corrected chi connectivity index (χ3v) is 5.76. The highest BCUT2D eigenvalue weighted by Crippen LogP contribution is 2.55. The predicted octanol–water partition coefficient (Wildman–Crippen LogP) is 2.72. The smallest absolute Gasteiger partial charge is 0.309 e. The molecule has 29 heavy (non-hydrogen) atoms. The molecule has 0 radical (unpaired) electrons. The lowest BCUT2D eigenvalue weighted by Gasteiger charge is -2.31. The molecule has 2 aromatic rings. The van der Waals surface area contributed by atoms with E-state index in [1.165, 1.54) is 12.1 Å².